The number of para-hydroxylation sites is 1. The molecule has 0 fully saturated rings. The fraction of sp³-hybridized carbons (Fsp3) is 0.105. The minimum atomic E-state index is -0.438. The molecule has 0 amide bonds. The highest BCUT2D eigenvalue weighted by atomic mass is 79.9. The topological polar surface area (TPSA) is 57.0 Å². The summed E-state index contributed by atoms with van der Waals surface area (Å²) in [5.41, 5.74) is 2.12. The van der Waals surface area contributed by atoms with Crippen molar-refractivity contribution in [3.63, 3.8) is 0 Å². The minimum Gasteiger partial charge on any atom is -0.454 e. The van der Waals surface area contributed by atoms with Gasteiger partial charge in [0.2, 0.25) is 0 Å². The van der Waals surface area contributed by atoms with Gasteiger partial charge in [0.1, 0.15) is 17.4 Å². The molecule has 0 aliphatic rings. The van der Waals surface area contributed by atoms with Crippen LogP contribution in [-0.2, 0) is 11.3 Å². The maximum absolute atomic E-state index is 12.4. The number of hydrogen-bond donors (Lipinski definition) is 0. The molecule has 5 nitrogen and oxygen atoms in total. The van der Waals surface area contributed by atoms with Crippen molar-refractivity contribution in [1.82, 2.24) is 14.5 Å². The highest BCUT2D eigenvalue weighted by molar-refractivity contribution is 9.11. The Labute approximate surface area is 172 Å². The van der Waals surface area contributed by atoms with Gasteiger partial charge in [0.05, 0.1) is 20.6 Å². The molecule has 0 radical (unpaired) electrons. The van der Waals surface area contributed by atoms with E-state index >= 15 is 0 Å². The quantitative estimate of drug-likeness (QED) is 0.370. The number of aromatic nitrogens is 3. The van der Waals surface area contributed by atoms with Crippen LogP contribution in [0.25, 0.3) is 15.6 Å². The van der Waals surface area contributed by atoms with Gasteiger partial charge in [-0.05, 0) is 47.1 Å². The number of benzene rings is 1. The van der Waals surface area contributed by atoms with Crippen molar-refractivity contribution in [2.75, 3.05) is 0 Å². The molecule has 27 heavy (non-hydrogen) atoms. The van der Waals surface area contributed by atoms with Gasteiger partial charge in [0.25, 0.3) is 0 Å². The van der Waals surface area contributed by atoms with Crippen LogP contribution in [0.4, 0.5) is 0 Å². The molecule has 0 atom stereocenters. The molecule has 4 aromatic rings. The minimum absolute atomic E-state index is 0.131. The van der Waals surface area contributed by atoms with Gasteiger partial charge in [-0.15, -0.1) is 22.7 Å². The van der Waals surface area contributed by atoms with Crippen molar-refractivity contribution in [3.8, 4) is 15.6 Å². The van der Waals surface area contributed by atoms with Gasteiger partial charge in [0, 0.05) is 11.1 Å². The molecule has 3 aromatic heterocycles. The third-order valence-electron chi connectivity index (χ3n) is 3.87. The summed E-state index contributed by atoms with van der Waals surface area (Å²) < 4.78 is 8.49. The lowest BCUT2D eigenvalue weighted by Gasteiger charge is -2.10. The maximum Gasteiger partial charge on any atom is 0.358 e. The molecule has 1 aromatic carbocycles. The van der Waals surface area contributed by atoms with Gasteiger partial charge in [-0.25, -0.2) is 14.8 Å². The SMILES string of the molecule is Cc1ncc(COC(=O)c2csc(-c3ccc(Br)s3)n2)n1-c1ccccc1. The largest absolute Gasteiger partial charge is 0.454 e. The summed E-state index contributed by atoms with van der Waals surface area (Å²) in [6, 6.07) is 13.8. The molecular formula is C19H14BrN3O2S2. The van der Waals surface area contributed by atoms with E-state index in [0.29, 0.717) is 5.69 Å². The Morgan fingerprint density at radius 2 is 2.04 bits per heavy atom. The summed E-state index contributed by atoms with van der Waals surface area (Å²) in [6.07, 6.45) is 1.73. The average molecular weight is 460 g/mol. The lowest BCUT2D eigenvalue weighted by Crippen LogP contribution is -2.09. The number of esters is 1. The molecule has 0 spiro atoms. The molecule has 136 valence electrons. The van der Waals surface area contributed by atoms with Crippen molar-refractivity contribution >= 4 is 44.6 Å². The van der Waals surface area contributed by atoms with E-state index in [1.807, 2.05) is 54.0 Å². The summed E-state index contributed by atoms with van der Waals surface area (Å²) in [6.45, 7) is 2.05. The van der Waals surface area contributed by atoms with Gasteiger partial charge < -0.3 is 4.74 Å². The number of aryl methyl sites for hydroxylation is 1. The fourth-order valence-corrected chi connectivity index (χ4v) is 4.89. The number of rotatable bonds is 5. The Hall–Kier alpha value is -2.29. The van der Waals surface area contributed by atoms with Gasteiger partial charge in [-0.1, -0.05) is 18.2 Å². The number of carbonyl (C=O) groups is 1. The first-order chi connectivity index (χ1) is 13.1. The Balaban J connectivity index is 1.49. The molecule has 0 aliphatic heterocycles. The van der Waals surface area contributed by atoms with Crippen LogP contribution in [0, 0.1) is 6.92 Å². The highest BCUT2D eigenvalue weighted by Crippen LogP contribution is 2.33. The molecule has 0 saturated heterocycles. The molecule has 0 N–H and O–H groups in total. The summed E-state index contributed by atoms with van der Waals surface area (Å²) >= 11 is 6.45. The number of hydrogen-bond acceptors (Lipinski definition) is 6. The number of ether oxygens (including phenoxy) is 1. The van der Waals surface area contributed by atoms with Crippen LogP contribution in [-0.4, -0.2) is 20.5 Å². The summed E-state index contributed by atoms with van der Waals surface area (Å²) in [5.74, 6) is 0.401. The smallest absolute Gasteiger partial charge is 0.358 e. The first-order valence-corrected chi connectivity index (χ1v) is 10.6. The number of thiophene rings is 1. The van der Waals surface area contributed by atoms with Crippen LogP contribution < -0.4 is 0 Å². The zero-order valence-corrected chi connectivity index (χ0v) is 17.5. The number of thiazole rings is 1. The Kier molecular flexibility index (Phi) is 5.20. The lowest BCUT2D eigenvalue weighted by atomic mass is 10.3. The average Bonchev–Trinajstić information content (AvgIpc) is 3.40. The third kappa shape index (κ3) is 3.87. The second-order valence-electron chi connectivity index (χ2n) is 5.69. The van der Waals surface area contributed by atoms with Crippen molar-refractivity contribution < 1.29 is 9.53 Å². The van der Waals surface area contributed by atoms with E-state index in [4.69, 9.17) is 4.74 Å². The molecule has 3 heterocycles. The van der Waals surface area contributed by atoms with E-state index in [2.05, 4.69) is 25.9 Å². The summed E-state index contributed by atoms with van der Waals surface area (Å²) in [4.78, 5) is 22.2. The van der Waals surface area contributed by atoms with Crippen LogP contribution in [0.15, 0.2) is 57.8 Å². The molecule has 0 saturated carbocycles. The fourth-order valence-electron chi connectivity index (χ4n) is 2.65. The standard InChI is InChI=1S/C19H14BrN3O2S2/c1-12-21-9-14(23(12)13-5-3-2-4-6-13)10-25-19(24)15-11-26-18(22-15)16-7-8-17(20)27-16/h2-9,11H,10H2,1H3. The predicted molar refractivity (Wildman–Crippen MR) is 111 cm³/mol. The van der Waals surface area contributed by atoms with E-state index in [9.17, 15) is 4.79 Å². The normalized spacial score (nSPS) is 10.9. The molecule has 8 heteroatoms. The van der Waals surface area contributed by atoms with Gasteiger partial charge in [-0.3, -0.25) is 4.57 Å². The third-order valence-corrected chi connectivity index (χ3v) is 6.51. The van der Waals surface area contributed by atoms with Crippen molar-refractivity contribution in [3.05, 3.63) is 75.0 Å². The van der Waals surface area contributed by atoms with Crippen LogP contribution in [0.3, 0.4) is 0 Å². The van der Waals surface area contributed by atoms with Crippen molar-refractivity contribution in [2.45, 2.75) is 13.5 Å². The van der Waals surface area contributed by atoms with E-state index < -0.39 is 5.97 Å². The second-order valence-corrected chi connectivity index (χ2v) is 9.01. The van der Waals surface area contributed by atoms with Crippen molar-refractivity contribution in [2.24, 2.45) is 0 Å². The van der Waals surface area contributed by atoms with E-state index in [1.54, 1.807) is 22.9 Å². The number of carbonyl (C=O) groups excluding carboxylic acids is 1. The van der Waals surface area contributed by atoms with Crippen LogP contribution in [0.1, 0.15) is 22.0 Å². The van der Waals surface area contributed by atoms with Gasteiger partial charge in [-0.2, -0.15) is 0 Å². The first-order valence-electron chi connectivity index (χ1n) is 8.09. The maximum atomic E-state index is 12.4. The number of imidazole rings is 1. The molecule has 0 unspecified atom stereocenters. The monoisotopic (exact) mass is 459 g/mol. The zero-order chi connectivity index (χ0) is 18.8. The lowest BCUT2D eigenvalue weighted by molar-refractivity contribution is 0.0460. The van der Waals surface area contributed by atoms with E-state index in [0.717, 1.165) is 30.9 Å². The van der Waals surface area contributed by atoms with Crippen LogP contribution in [0.5, 0.6) is 0 Å². The molecule has 0 bridgehead atoms. The summed E-state index contributed by atoms with van der Waals surface area (Å²) in [7, 11) is 0. The Bertz CT molecular complexity index is 1090. The number of nitrogens with zero attached hydrogens (tertiary/aromatic N) is 3. The zero-order valence-electron chi connectivity index (χ0n) is 14.3. The number of halogens is 1. The molecule has 0 aliphatic carbocycles. The highest BCUT2D eigenvalue weighted by Gasteiger charge is 2.16. The van der Waals surface area contributed by atoms with Gasteiger partial charge >= 0.3 is 5.97 Å². The van der Waals surface area contributed by atoms with Crippen molar-refractivity contribution in [1.29, 1.82) is 0 Å². The second kappa shape index (κ2) is 7.75. The molecule has 4 rings (SSSR count). The van der Waals surface area contributed by atoms with E-state index in [1.165, 1.54) is 11.3 Å². The Morgan fingerprint density at radius 1 is 1.22 bits per heavy atom. The molecular weight excluding hydrogens is 446 g/mol. The Morgan fingerprint density at radius 3 is 2.78 bits per heavy atom. The van der Waals surface area contributed by atoms with Crippen LogP contribution >= 0.6 is 38.6 Å². The summed E-state index contributed by atoms with van der Waals surface area (Å²) in [5, 5.41) is 2.54. The van der Waals surface area contributed by atoms with E-state index in [-0.39, 0.29) is 6.61 Å². The van der Waals surface area contributed by atoms with Crippen LogP contribution in [0.2, 0.25) is 0 Å². The predicted octanol–water partition coefficient (Wildman–Crippen LogP) is 5.49. The first kappa shape index (κ1) is 18.1. The van der Waals surface area contributed by atoms with Gasteiger partial charge in [0.15, 0.2) is 5.69 Å².